The van der Waals surface area contributed by atoms with E-state index in [2.05, 4.69) is 0 Å². The highest BCUT2D eigenvalue weighted by molar-refractivity contribution is 6.33. The van der Waals surface area contributed by atoms with Crippen LogP contribution < -0.4 is 4.74 Å². The molecule has 0 aliphatic carbocycles. The number of ether oxygens (including phenoxy) is 1. The molecule has 96 valence electrons. The van der Waals surface area contributed by atoms with Gasteiger partial charge < -0.3 is 4.74 Å². The van der Waals surface area contributed by atoms with E-state index in [1.807, 2.05) is 42.5 Å². The molecular formula is C16H13ClO2. The molecule has 2 nitrogen and oxygen atoms in total. The fourth-order valence-electron chi connectivity index (χ4n) is 2.29. The minimum Gasteiger partial charge on any atom is -0.491 e. The number of carbonyl (C=O) groups is 1. The van der Waals surface area contributed by atoms with Crippen LogP contribution in [-0.2, 0) is 0 Å². The largest absolute Gasteiger partial charge is 0.491 e. The monoisotopic (exact) mass is 272 g/mol. The lowest BCUT2D eigenvalue weighted by molar-refractivity contribution is 0.0983. The number of hydrogen-bond acceptors (Lipinski definition) is 2. The van der Waals surface area contributed by atoms with Gasteiger partial charge >= 0.3 is 0 Å². The van der Waals surface area contributed by atoms with Gasteiger partial charge in [0.2, 0.25) is 0 Å². The molecule has 2 aromatic carbocycles. The molecule has 0 atom stereocenters. The molecule has 0 spiro atoms. The maximum absolute atomic E-state index is 12.1. The number of fused-ring (bicyclic) bond motifs is 1. The Morgan fingerprint density at radius 1 is 1.05 bits per heavy atom. The molecule has 3 heteroatoms. The number of benzene rings is 2. The molecule has 1 heterocycles. The number of carbonyl (C=O) groups excluding carboxylic acids is 1. The summed E-state index contributed by atoms with van der Waals surface area (Å²) >= 11 is 6.26. The van der Waals surface area contributed by atoms with Crippen molar-refractivity contribution in [3.63, 3.8) is 0 Å². The molecular weight excluding hydrogens is 260 g/mol. The van der Waals surface area contributed by atoms with E-state index in [0.717, 1.165) is 17.5 Å². The third-order valence-electron chi connectivity index (χ3n) is 3.25. The molecule has 0 unspecified atom stereocenters. The van der Waals surface area contributed by atoms with E-state index in [-0.39, 0.29) is 5.78 Å². The van der Waals surface area contributed by atoms with Crippen LogP contribution in [0.4, 0.5) is 0 Å². The molecule has 0 radical (unpaired) electrons. The Morgan fingerprint density at radius 2 is 1.84 bits per heavy atom. The topological polar surface area (TPSA) is 26.3 Å². The summed E-state index contributed by atoms with van der Waals surface area (Å²) in [6.45, 7) is 0.545. The molecule has 0 fully saturated rings. The van der Waals surface area contributed by atoms with Crippen LogP contribution in [0.1, 0.15) is 23.2 Å². The number of hydrogen-bond donors (Lipinski definition) is 0. The maximum Gasteiger partial charge on any atom is 0.166 e. The van der Waals surface area contributed by atoms with Crippen molar-refractivity contribution in [1.82, 2.24) is 0 Å². The molecule has 0 N–H and O–H groups in total. The zero-order valence-corrected chi connectivity index (χ0v) is 11.1. The fraction of sp³-hybridized carbons (Fsp3) is 0.188. The van der Waals surface area contributed by atoms with Crippen LogP contribution in [0.2, 0.25) is 5.02 Å². The number of halogens is 1. The van der Waals surface area contributed by atoms with Gasteiger partial charge in [-0.1, -0.05) is 41.9 Å². The molecule has 2 aromatic rings. The number of Topliss-reactive ketones (excluding diaryl/α,β-unsaturated/α-hetero) is 1. The number of rotatable bonds is 1. The van der Waals surface area contributed by atoms with Crippen LogP contribution in [-0.4, -0.2) is 12.4 Å². The molecule has 1 aliphatic heterocycles. The first kappa shape index (κ1) is 12.2. The van der Waals surface area contributed by atoms with Crippen LogP contribution >= 0.6 is 11.6 Å². The van der Waals surface area contributed by atoms with E-state index in [4.69, 9.17) is 16.3 Å². The fourth-order valence-corrected chi connectivity index (χ4v) is 2.56. The maximum atomic E-state index is 12.1. The SMILES string of the molecule is O=C1CCCOc2c(Cl)cc(-c3ccccc3)cc21. The van der Waals surface area contributed by atoms with Crippen molar-refractivity contribution >= 4 is 17.4 Å². The van der Waals surface area contributed by atoms with Crippen molar-refractivity contribution in [1.29, 1.82) is 0 Å². The lowest BCUT2D eigenvalue weighted by Crippen LogP contribution is -1.99. The summed E-state index contributed by atoms with van der Waals surface area (Å²) in [4.78, 5) is 12.1. The molecule has 3 rings (SSSR count). The molecule has 1 aliphatic rings. The van der Waals surface area contributed by atoms with Crippen molar-refractivity contribution in [2.45, 2.75) is 12.8 Å². The summed E-state index contributed by atoms with van der Waals surface area (Å²) in [7, 11) is 0. The zero-order valence-electron chi connectivity index (χ0n) is 10.4. The predicted octanol–water partition coefficient (Wildman–Crippen LogP) is 4.36. The molecule has 19 heavy (non-hydrogen) atoms. The minimum atomic E-state index is 0.104. The first-order valence-corrected chi connectivity index (χ1v) is 6.68. The van der Waals surface area contributed by atoms with Gasteiger partial charge in [0.25, 0.3) is 0 Å². The summed E-state index contributed by atoms with van der Waals surface area (Å²) < 4.78 is 5.59. The van der Waals surface area contributed by atoms with Crippen LogP contribution in [0.15, 0.2) is 42.5 Å². The van der Waals surface area contributed by atoms with Crippen molar-refractivity contribution in [3.8, 4) is 16.9 Å². The Morgan fingerprint density at radius 3 is 2.63 bits per heavy atom. The third kappa shape index (κ3) is 2.36. The summed E-state index contributed by atoms with van der Waals surface area (Å²) in [6.07, 6.45) is 1.26. The Labute approximate surface area is 117 Å². The van der Waals surface area contributed by atoms with E-state index in [1.54, 1.807) is 0 Å². The highest BCUT2D eigenvalue weighted by atomic mass is 35.5. The van der Waals surface area contributed by atoms with Crippen LogP contribution in [0, 0.1) is 0 Å². The zero-order chi connectivity index (χ0) is 13.2. The van der Waals surface area contributed by atoms with E-state index >= 15 is 0 Å². The second-order valence-electron chi connectivity index (χ2n) is 4.58. The molecule has 0 bridgehead atoms. The van der Waals surface area contributed by atoms with Gasteiger partial charge in [-0.25, -0.2) is 0 Å². The van der Waals surface area contributed by atoms with E-state index < -0.39 is 0 Å². The summed E-state index contributed by atoms with van der Waals surface area (Å²) in [5.74, 6) is 0.635. The third-order valence-corrected chi connectivity index (χ3v) is 3.53. The van der Waals surface area contributed by atoms with Gasteiger partial charge in [0, 0.05) is 6.42 Å². The average molecular weight is 273 g/mol. The van der Waals surface area contributed by atoms with Gasteiger partial charge in [-0.05, 0) is 29.7 Å². The first-order valence-electron chi connectivity index (χ1n) is 6.30. The Balaban J connectivity index is 2.15. The summed E-state index contributed by atoms with van der Waals surface area (Å²) in [5, 5.41) is 0.506. The lowest BCUT2D eigenvalue weighted by Gasteiger charge is -2.11. The van der Waals surface area contributed by atoms with Crippen molar-refractivity contribution in [2.75, 3.05) is 6.61 Å². The van der Waals surface area contributed by atoms with Crippen LogP contribution in [0.25, 0.3) is 11.1 Å². The van der Waals surface area contributed by atoms with Crippen LogP contribution in [0.3, 0.4) is 0 Å². The van der Waals surface area contributed by atoms with Gasteiger partial charge in [0.15, 0.2) is 5.78 Å². The van der Waals surface area contributed by atoms with Crippen molar-refractivity contribution in [3.05, 3.63) is 53.1 Å². The molecule has 0 amide bonds. The van der Waals surface area contributed by atoms with Gasteiger partial charge in [0.1, 0.15) is 5.75 Å². The van der Waals surface area contributed by atoms with Crippen molar-refractivity contribution < 1.29 is 9.53 Å². The second-order valence-corrected chi connectivity index (χ2v) is 4.98. The van der Waals surface area contributed by atoms with Gasteiger partial charge in [-0.3, -0.25) is 4.79 Å². The second kappa shape index (κ2) is 5.06. The highest BCUT2D eigenvalue weighted by Crippen LogP contribution is 2.36. The molecule has 0 saturated carbocycles. The Hall–Kier alpha value is -1.80. The quantitative estimate of drug-likeness (QED) is 0.771. The predicted molar refractivity (Wildman–Crippen MR) is 75.9 cm³/mol. The van der Waals surface area contributed by atoms with Crippen LogP contribution in [0.5, 0.6) is 5.75 Å². The smallest absolute Gasteiger partial charge is 0.166 e. The average Bonchev–Trinajstić information content (AvgIpc) is 2.63. The van der Waals surface area contributed by atoms with E-state index in [1.165, 1.54) is 0 Å². The standard InChI is InChI=1S/C16H13ClO2/c17-14-10-12(11-5-2-1-3-6-11)9-13-15(18)7-4-8-19-16(13)14/h1-3,5-6,9-10H,4,7-8H2. The first-order chi connectivity index (χ1) is 9.25. The van der Waals surface area contributed by atoms with E-state index in [9.17, 15) is 4.79 Å². The minimum absolute atomic E-state index is 0.104. The summed E-state index contributed by atoms with van der Waals surface area (Å²) in [5.41, 5.74) is 2.59. The Kier molecular flexibility index (Phi) is 3.26. The van der Waals surface area contributed by atoms with Gasteiger partial charge in [-0.15, -0.1) is 0 Å². The van der Waals surface area contributed by atoms with Crippen molar-refractivity contribution in [2.24, 2.45) is 0 Å². The van der Waals surface area contributed by atoms with Gasteiger partial charge in [0.05, 0.1) is 17.2 Å². The molecule has 0 saturated heterocycles. The van der Waals surface area contributed by atoms with E-state index in [0.29, 0.717) is 29.4 Å². The van der Waals surface area contributed by atoms with Gasteiger partial charge in [-0.2, -0.15) is 0 Å². The highest BCUT2D eigenvalue weighted by Gasteiger charge is 2.20. The lowest BCUT2D eigenvalue weighted by atomic mass is 9.99. The summed E-state index contributed by atoms with van der Waals surface area (Å²) in [6, 6.07) is 13.6. The Bertz CT molecular complexity index is 620. The molecule has 0 aromatic heterocycles. The normalized spacial score (nSPS) is 14.5. The number of ketones is 1.